The van der Waals surface area contributed by atoms with Crippen LogP contribution in [0, 0.1) is 29.1 Å². The molecule has 4 atom stereocenters. The summed E-state index contributed by atoms with van der Waals surface area (Å²) < 4.78 is 0. The van der Waals surface area contributed by atoms with Crippen molar-refractivity contribution in [1.29, 1.82) is 5.26 Å². The number of nitriles is 1. The van der Waals surface area contributed by atoms with Crippen LogP contribution in [-0.4, -0.2) is 36.6 Å². The third-order valence-electron chi connectivity index (χ3n) is 5.72. The predicted octanol–water partition coefficient (Wildman–Crippen LogP) is 3.03. The molecular formula is C17H31N3. The summed E-state index contributed by atoms with van der Waals surface area (Å²) in [5.41, 5.74) is -0.233. The lowest BCUT2D eigenvalue weighted by molar-refractivity contribution is 0.126. The average molecular weight is 277 g/mol. The molecule has 0 amide bonds. The van der Waals surface area contributed by atoms with Gasteiger partial charge in [-0.3, -0.25) is 5.32 Å². The number of nitrogens with zero attached hydrogens (tertiary/aromatic N) is 2. The molecule has 0 bridgehead atoms. The molecule has 1 aliphatic heterocycles. The van der Waals surface area contributed by atoms with Crippen molar-refractivity contribution < 1.29 is 0 Å². The van der Waals surface area contributed by atoms with Crippen LogP contribution in [0.3, 0.4) is 0 Å². The highest BCUT2D eigenvalue weighted by Gasteiger charge is 2.42. The first-order chi connectivity index (χ1) is 9.61. The van der Waals surface area contributed by atoms with Crippen molar-refractivity contribution in [3.8, 4) is 6.07 Å². The van der Waals surface area contributed by atoms with Crippen molar-refractivity contribution in [2.75, 3.05) is 26.2 Å². The number of piperidine rings is 1. The van der Waals surface area contributed by atoms with Crippen LogP contribution in [0.5, 0.6) is 0 Å². The first-order valence-electron chi connectivity index (χ1n) is 8.50. The van der Waals surface area contributed by atoms with Gasteiger partial charge in [-0.2, -0.15) is 5.26 Å². The lowest BCUT2D eigenvalue weighted by Gasteiger charge is -2.37. The van der Waals surface area contributed by atoms with Crippen LogP contribution < -0.4 is 5.32 Å². The molecule has 0 aromatic rings. The summed E-state index contributed by atoms with van der Waals surface area (Å²) in [6.07, 6.45) is 5.98. The average Bonchev–Trinajstić information content (AvgIpc) is 2.84. The van der Waals surface area contributed by atoms with E-state index < -0.39 is 0 Å². The van der Waals surface area contributed by atoms with Crippen molar-refractivity contribution in [2.45, 2.75) is 58.4 Å². The minimum absolute atomic E-state index is 0.233. The van der Waals surface area contributed by atoms with Gasteiger partial charge in [0.1, 0.15) is 5.54 Å². The molecule has 2 rings (SSSR count). The van der Waals surface area contributed by atoms with Crippen LogP contribution in [0.4, 0.5) is 0 Å². The lowest BCUT2D eigenvalue weighted by atomic mass is 9.84. The van der Waals surface area contributed by atoms with Gasteiger partial charge in [-0.05, 0) is 63.1 Å². The van der Waals surface area contributed by atoms with Crippen molar-refractivity contribution >= 4 is 0 Å². The van der Waals surface area contributed by atoms with Gasteiger partial charge in [0.15, 0.2) is 0 Å². The molecule has 1 heterocycles. The summed E-state index contributed by atoms with van der Waals surface area (Å²) in [5, 5.41) is 13.1. The molecule has 0 aromatic heterocycles. The van der Waals surface area contributed by atoms with Crippen molar-refractivity contribution in [1.82, 2.24) is 10.2 Å². The van der Waals surface area contributed by atoms with Crippen molar-refractivity contribution in [3.63, 3.8) is 0 Å². The zero-order chi connectivity index (χ0) is 14.6. The topological polar surface area (TPSA) is 39.1 Å². The number of hydrogen-bond donors (Lipinski definition) is 1. The van der Waals surface area contributed by atoms with E-state index in [9.17, 15) is 5.26 Å². The highest BCUT2D eigenvalue weighted by molar-refractivity contribution is 5.14. The van der Waals surface area contributed by atoms with E-state index in [-0.39, 0.29) is 5.54 Å². The fourth-order valence-corrected chi connectivity index (χ4v) is 4.09. The summed E-state index contributed by atoms with van der Waals surface area (Å²) in [6.45, 7) is 11.4. The van der Waals surface area contributed by atoms with E-state index in [2.05, 4.69) is 37.1 Å². The van der Waals surface area contributed by atoms with E-state index in [0.29, 0.717) is 5.92 Å². The standard InChI is InChI=1S/C17H31N3/c1-4-19-17(13-18)9-5-6-16(17)8-11-20-10-7-14(2)15(3)12-20/h14-16,19H,4-12H2,1-3H3. The molecule has 3 heteroatoms. The quantitative estimate of drug-likeness (QED) is 0.839. The second kappa shape index (κ2) is 6.91. The van der Waals surface area contributed by atoms with Gasteiger partial charge < -0.3 is 4.90 Å². The Morgan fingerprint density at radius 1 is 1.30 bits per heavy atom. The minimum Gasteiger partial charge on any atom is -0.303 e. The molecule has 2 fully saturated rings. The third kappa shape index (κ3) is 3.35. The third-order valence-corrected chi connectivity index (χ3v) is 5.72. The Morgan fingerprint density at radius 3 is 2.75 bits per heavy atom. The molecule has 1 saturated heterocycles. The van der Waals surface area contributed by atoms with E-state index in [1.54, 1.807) is 0 Å². The lowest BCUT2D eigenvalue weighted by Crippen LogP contribution is -2.48. The van der Waals surface area contributed by atoms with E-state index >= 15 is 0 Å². The number of likely N-dealkylation sites (tertiary alicyclic amines) is 1. The van der Waals surface area contributed by atoms with E-state index in [4.69, 9.17) is 0 Å². The Labute approximate surface area is 124 Å². The summed E-state index contributed by atoms with van der Waals surface area (Å²) in [4.78, 5) is 2.62. The van der Waals surface area contributed by atoms with E-state index in [1.807, 2.05) is 0 Å². The van der Waals surface area contributed by atoms with Gasteiger partial charge in [0, 0.05) is 6.54 Å². The molecular weight excluding hydrogens is 246 g/mol. The van der Waals surface area contributed by atoms with Gasteiger partial charge >= 0.3 is 0 Å². The maximum Gasteiger partial charge on any atom is 0.109 e. The Kier molecular flexibility index (Phi) is 5.46. The van der Waals surface area contributed by atoms with Crippen LogP contribution >= 0.6 is 0 Å². The summed E-state index contributed by atoms with van der Waals surface area (Å²) in [5.74, 6) is 2.24. The van der Waals surface area contributed by atoms with Crippen LogP contribution in [0.1, 0.15) is 52.9 Å². The molecule has 114 valence electrons. The molecule has 0 spiro atoms. The molecule has 0 radical (unpaired) electrons. The minimum atomic E-state index is -0.233. The first-order valence-corrected chi connectivity index (χ1v) is 8.50. The predicted molar refractivity (Wildman–Crippen MR) is 83.4 cm³/mol. The zero-order valence-corrected chi connectivity index (χ0v) is 13.5. The fourth-order valence-electron chi connectivity index (χ4n) is 4.09. The maximum absolute atomic E-state index is 9.61. The number of nitrogens with one attached hydrogen (secondary N) is 1. The van der Waals surface area contributed by atoms with E-state index in [1.165, 1.54) is 45.3 Å². The van der Waals surface area contributed by atoms with Crippen molar-refractivity contribution in [2.24, 2.45) is 17.8 Å². The van der Waals surface area contributed by atoms with Crippen LogP contribution in [0.2, 0.25) is 0 Å². The Bertz CT molecular complexity index is 349. The highest BCUT2D eigenvalue weighted by atomic mass is 15.1. The molecule has 1 N–H and O–H groups in total. The van der Waals surface area contributed by atoms with Crippen LogP contribution in [0.25, 0.3) is 0 Å². The molecule has 1 saturated carbocycles. The van der Waals surface area contributed by atoms with Gasteiger partial charge in [0.2, 0.25) is 0 Å². The Balaban J connectivity index is 1.85. The fraction of sp³-hybridized carbons (Fsp3) is 0.941. The molecule has 2 aliphatic rings. The molecule has 0 aromatic carbocycles. The summed E-state index contributed by atoms with van der Waals surface area (Å²) in [6, 6.07) is 2.60. The second-order valence-electron chi connectivity index (χ2n) is 7.04. The van der Waals surface area contributed by atoms with Crippen molar-refractivity contribution in [3.05, 3.63) is 0 Å². The SMILES string of the molecule is CCNC1(C#N)CCCC1CCN1CCC(C)C(C)C1. The van der Waals surface area contributed by atoms with E-state index in [0.717, 1.165) is 24.8 Å². The van der Waals surface area contributed by atoms with Crippen LogP contribution in [0.15, 0.2) is 0 Å². The smallest absolute Gasteiger partial charge is 0.109 e. The van der Waals surface area contributed by atoms with Gasteiger partial charge in [-0.25, -0.2) is 0 Å². The largest absolute Gasteiger partial charge is 0.303 e. The highest BCUT2D eigenvalue weighted by Crippen LogP contribution is 2.38. The Hall–Kier alpha value is -0.590. The number of hydrogen-bond acceptors (Lipinski definition) is 3. The zero-order valence-electron chi connectivity index (χ0n) is 13.5. The van der Waals surface area contributed by atoms with Gasteiger partial charge in [-0.1, -0.05) is 27.2 Å². The summed E-state index contributed by atoms with van der Waals surface area (Å²) >= 11 is 0. The summed E-state index contributed by atoms with van der Waals surface area (Å²) in [7, 11) is 0. The second-order valence-corrected chi connectivity index (χ2v) is 7.04. The Morgan fingerprint density at radius 2 is 2.10 bits per heavy atom. The molecule has 3 nitrogen and oxygen atoms in total. The molecule has 1 aliphatic carbocycles. The first kappa shape index (κ1) is 15.8. The van der Waals surface area contributed by atoms with Crippen LogP contribution in [-0.2, 0) is 0 Å². The van der Waals surface area contributed by atoms with Gasteiger partial charge in [-0.15, -0.1) is 0 Å². The van der Waals surface area contributed by atoms with Gasteiger partial charge in [0.05, 0.1) is 6.07 Å². The molecule has 20 heavy (non-hydrogen) atoms. The monoisotopic (exact) mass is 277 g/mol. The maximum atomic E-state index is 9.61. The van der Waals surface area contributed by atoms with Gasteiger partial charge in [0.25, 0.3) is 0 Å². The number of rotatable bonds is 5. The normalized spacial score (nSPS) is 38.8. The molecule has 4 unspecified atom stereocenters.